The summed E-state index contributed by atoms with van der Waals surface area (Å²) in [6, 6.07) is 18.8. The van der Waals surface area contributed by atoms with E-state index in [9.17, 15) is 9.59 Å². The van der Waals surface area contributed by atoms with Gasteiger partial charge in [-0.2, -0.15) is 0 Å². The standard InChI is InChI=1S/C20H16O3/c21-15-11-12-16-18(15)17(13-7-3-1-4-8-13)20(23-16)19(22)14-9-5-2-6-10-14/h1-10,17,20H,11-12H2/t17-,20-/m0/s1. The van der Waals surface area contributed by atoms with Crippen molar-refractivity contribution in [3.8, 4) is 0 Å². The van der Waals surface area contributed by atoms with Gasteiger partial charge in [-0.1, -0.05) is 60.7 Å². The lowest BCUT2D eigenvalue weighted by Gasteiger charge is -2.21. The van der Waals surface area contributed by atoms with Crippen molar-refractivity contribution in [3.63, 3.8) is 0 Å². The highest BCUT2D eigenvalue weighted by Crippen LogP contribution is 2.45. The molecule has 4 rings (SSSR count). The Morgan fingerprint density at radius 1 is 0.913 bits per heavy atom. The second kappa shape index (κ2) is 5.51. The Bertz CT molecular complexity index is 790. The molecule has 114 valence electrons. The zero-order chi connectivity index (χ0) is 15.8. The molecular formula is C20H16O3. The molecule has 2 atom stereocenters. The highest BCUT2D eigenvalue weighted by molar-refractivity contribution is 6.06. The van der Waals surface area contributed by atoms with Crippen LogP contribution in [-0.4, -0.2) is 17.7 Å². The first-order chi connectivity index (χ1) is 11.3. The molecule has 3 heteroatoms. The van der Waals surface area contributed by atoms with Crippen LogP contribution in [0, 0.1) is 0 Å². The molecular weight excluding hydrogens is 288 g/mol. The fourth-order valence-corrected chi connectivity index (χ4v) is 3.47. The van der Waals surface area contributed by atoms with Crippen LogP contribution in [0.2, 0.25) is 0 Å². The van der Waals surface area contributed by atoms with E-state index in [1.807, 2.05) is 48.5 Å². The van der Waals surface area contributed by atoms with Crippen molar-refractivity contribution in [1.29, 1.82) is 0 Å². The number of hydrogen-bond donors (Lipinski definition) is 0. The first-order valence-electron chi connectivity index (χ1n) is 7.83. The molecule has 23 heavy (non-hydrogen) atoms. The molecule has 0 N–H and O–H groups in total. The molecule has 0 spiro atoms. The van der Waals surface area contributed by atoms with E-state index in [-0.39, 0.29) is 17.5 Å². The maximum atomic E-state index is 12.9. The number of allylic oxidation sites excluding steroid dienone is 1. The van der Waals surface area contributed by atoms with Gasteiger partial charge in [0.2, 0.25) is 5.78 Å². The minimum Gasteiger partial charge on any atom is -0.485 e. The third-order valence-electron chi connectivity index (χ3n) is 4.54. The molecule has 2 aromatic carbocycles. The number of carbonyl (C=O) groups is 2. The summed E-state index contributed by atoms with van der Waals surface area (Å²) in [6.45, 7) is 0. The van der Waals surface area contributed by atoms with Crippen LogP contribution in [0.15, 0.2) is 72.0 Å². The molecule has 0 aromatic heterocycles. The lowest BCUT2D eigenvalue weighted by Crippen LogP contribution is -2.29. The monoisotopic (exact) mass is 304 g/mol. The van der Waals surface area contributed by atoms with Crippen LogP contribution >= 0.6 is 0 Å². The molecule has 1 heterocycles. The first-order valence-corrected chi connectivity index (χ1v) is 7.83. The van der Waals surface area contributed by atoms with Gasteiger partial charge < -0.3 is 4.74 Å². The fourth-order valence-electron chi connectivity index (χ4n) is 3.47. The molecule has 1 aliphatic heterocycles. The maximum Gasteiger partial charge on any atom is 0.204 e. The number of hydrogen-bond acceptors (Lipinski definition) is 3. The van der Waals surface area contributed by atoms with Gasteiger partial charge >= 0.3 is 0 Å². The summed E-state index contributed by atoms with van der Waals surface area (Å²) in [6.07, 6.45) is 0.449. The van der Waals surface area contributed by atoms with E-state index >= 15 is 0 Å². The molecule has 3 nitrogen and oxygen atoms in total. The second-order valence-electron chi connectivity index (χ2n) is 5.92. The average Bonchev–Trinajstić information content (AvgIpc) is 3.16. The molecule has 0 unspecified atom stereocenters. The van der Waals surface area contributed by atoms with Crippen LogP contribution in [0.1, 0.15) is 34.7 Å². The normalized spacial score (nSPS) is 22.9. The Labute approximate surface area is 134 Å². The predicted octanol–water partition coefficient (Wildman–Crippen LogP) is 3.67. The van der Waals surface area contributed by atoms with Crippen molar-refractivity contribution in [1.82, 2.24) is 0 Å². The maximum absolute atomic E-state index is 12.9. The van der Waals surface area contributed by atoms with E-state index in [0.717, 1.165) is 5.56 Å². The van der Waals surface area contributed by atoms with Gasteiger partial charge in [-0.15, -0.1) is 0 Å². The number of carbonyl (C=O) groups excluding carboxylic acids is 2. The van der Waals surface area contributed by atoms with Crippen molar-refractivity contribution >= 4 is 11.6 Å². The third-order valence-corrected chi connectivity index (χ3v) is 4.54. The molecule has 2 aliphatic rings. The quantitative estimate of drug-likeness (QED) is 0.813. The van der Waals surface area contributed by atoms with Gasteiger partial charge in [0.1, 0.15) is 5.76 Å². The lowest BCUT2D eigenvalue weighted by atomic mass is 9.83. The van der Waals surface area contributed by atoms with E-state index in [1.54, 1.807) is 12.1 Å². The van der Waals surface area contributed by atoms with Crippen LogP contribution < -0.4 is 0 Å². The number of rotatable bonds is 3. The van der Waals surface area contributed by atoms with E-state index < -0.39 is 6.10 Å². The summed E-state index contributed by atoms with van der Waals surface area (Å²) in [5.41, 5.74) is 2.28. The summed E-state index contributed by atoms with van der Waals surface area (Å²) < 4.78 is 5.95. The number of benzene rings is 2. The molecule has 0 saturated carbocycles. The fraction of sp³-hybridized carbons (Fsp3) is 0.200. The van der Waals surface area contributed by atoms with Gasteiger partial charge in [0, 0.05) is 24.0 Å². The third kappa shape index (κ3) is 2.29. The Kier molecular flexibility index (Phi) is 3.34. The smallest absolute Gasteiger partial charge is 0.204 e. The number of Topliss-reactive ketones (excluding diaryl/α,β-unsaturated/α-hetero) is 2. The van der Waals surface area contributed by atoms with E-state index in [4.69, 9.17) is 4.74 Å². The SMILES string of the molecule is O=C1CCC2=C1[C@H](c1ccccc1)[C@@H](C(=O)c1ccccc1)O2. The summed E-state index contributed by atoms with van der Waals surface area (Å²) in [5, 5.41) is 0. The molecule has 1 aliphatic carbocycles. The Balaban J connectivity index is 1.76. The highest BCUT2D eigenvalue weighted by Gasteiger charge is 2.46. The Morgan fingerprint density at radius 2 is 1.57 bits per heavy atom. The largest absolute Gasteiger partial charge is 0.485 e. The van der Waals surface area contributed by atoms with Crippen LogP contribution in [0.4, 0.5) is 0 Å². The summed E-state index contributed by atoms with van der Waals surface area (Å²) in [5.74, 6) is 0.450. The van der Waals surface area contributed by atoms with Gasteiger partial charge in [0.25, 0.3) is 0 Å². The molecule has 0 radical (unpaired) electrons. The van der Waals surface area contributed by atoms with Crippen LogP contribution in [0.3, 0.4) is 0 Å². The minimum atomic E-state index is -0.644. The van der Waals surface area contributed by atoms with Crippen molar-refractivity contribution in [2.75, 3.05) is 0 Å². The summed E-state index contributed by atoms with van der Waals surface area (Å²) in [4.78, 5) is 25.2. The van der Waals surface area contributed by atoms with Gasteiger partial charge in [0.05, 0.1) is 5.92 Å². The molecule has 0 amide bonds. The first kappa shape index (κ1) is 13.9. The van der Waals surface area contributed by atoms with Crippen molar-refractivity contribution < 1.29 is 14.3 Å². The van der Waals surface area contributed by atoms with Gasteiger partial charge in [-0.25, -0.2) is 0 Å². The Morgan fingerprint density at radius 3 is 2.26 bits per heavy atom. The van der Waals surface area contributed by atoms with Gasteiger partial charge in [-0.05, 0) is 5.56 Å². The number of ether oxygens (including phenoxy) is 1. The molecule has 0 fully saturated rings. The van der Waals surface area contributed by atoms with Crippen molar-refractivity contribution in [2.24, 2.45) is 0 Å². The molecule has 2 aromatic rings. The average molecular weight is 304 g/mol. The molecule has 0 saturated heterocycles. The van der Waals surface area contributed by atoms with E-state index in [1.165, 1.54) is 0 Å². The zero-order valence-corrected chi connectivity index (χ0v) is 12.6. The second-order valence-corrected chi connectivity index (χ2v) is 5.92. The summed E-state index contributed by atoms with van der Waals surface area (Å²) in [7, 11) is 0. The van der Waals surface area contributed by atoms with Crippen molar-refractivity contribution in [3.05, 3.63) is 83.1 Å². The zero-order valence-electron chi connectivity index (χ0n) is 12.6. The van der Waals surface area contributed by atoms with Crippen LogP contribution in [0.25, 0.3) is 0 Å². The summed E-state index contributed by atoms with van der Waals surface area (Å²) >= 11 is 0. The minimum absolute atomic E-state index is 0.0679. The van der Waals surface area contributed by atoms with Gasteiger partial charge in [-0.3, -0.25) is 9.59 Å². The van der Waals surface area contributed by atoms with Crippen molar-refractivity contribution in [2.45, 2.75) is 24.9 Å². The predicted molar refractivity (Wildman–Crippen MR) is 86.1 cm³/mol. The van der Waals surface area contributed by atoms with Crippen LogP contribution in [0.5, 0.6) is 0 Å². The molecule has 0 bridgehead atoms. The topological polar surface area (TPSA) is 43.4 Å². The highest BCUT2D eigenvalue weighted by atomic mass is 16.5. The Hall–Kier alpha value is -2.68. The lowest BCUT2D eigenvalue weighted by molar-refractivity contribution is -0.115. The van der Waals surface area contributed by atoms with Gasteiger partial charge in [0.15, 0.2) is 11.9 Å². The van der Waals surface area contributed by atoms with Crippen LogP contribution in [-0.2, 0) is 9.53 Å². The van der Waals surface area contributed by atoms with E-state index in [2.05, 4.69) is 0 Å². The number of ketones is 2. The van der Waals surface area contributed by atoms with E-state index in [0.29, 0.717) is 29.7 Å².